The van der Waals surface area contributed by atoms with E-state index in [9.17, 15) is 34.8 Å². The van der Waals surface area contributed by atoms with Gasteiger partial charge < -0.3 is 25.2 Å². The van der Waals surface area contributed by atoms with Crippen molar-refractivity contribution < 1.29 is 39.5 Å². The number of imide groups is 1. The number of rotatable bonds is 7. The smallest absolute Gasteiger partial charge is 0.306 e. The van der Waals surface area contributed by atoms with Crippen LogP contribution in [0.5, 0.6) is 0 Å². The Kier molecular flexibility index (Phi) is 6.89. The quantitative estimate of drug-likeness (QED) is 0.156. The molecule has 9 atom stereocenters. The van der Waals surface area contributed by atoms with E-state index in [0.717, 1.165) is 19.3 Å². The molecule has 9 nitrogen and oxygen atoms in total. The molecule has 3 aliphatic heterocycles. The summed E-state index contributed by atoms with van der Waals surface area (Å²) in [5.74, 6) is -4.75. The van der Waals surface area contributed by atoms with Gasteiger partial charge in [0, 0.05) is 5.92 Å². The Morgan fingerprint density at radius 3 is 2.54 bits per heavy atom. The number of hydrogen-bond acceptors (Lipinski definition) is 7. The average Bonchev–Trinajstić information content (AvgIpc) is 3.02. The molecule has 5 aliphatic rings. The topological polar surface area (TPSA) is 153 Å². The predicted molar refractivity (Wildman–Crippen MR) is 125 cm³/mol. The third kappa shape index (κ3) is 3.92. The highest BCUT2D eigenvalue weighted by atomic mass is 16.5. The molecular weight excluding hydrogens is 454 g/mol. The second kappa shape index (κ2) is 9.33. The van der Waals surface area contributed by atoms with Crippen LogP contribution in [0.1, 0.15) is 65.7 Å². The molecule has 9 heteroatoms. The lowest BCUT2D eigenvalue weighted by Crippen LogP contribution is -2.70. The fraction of sp³-hybridized carbons (Fsp3) is 0.731. The molecule has 2 amide bonds. The largest absolute Gasteiger partial charge is 0.491 e. The van der Waals surface area contributed by atoms with Gasteiger partial charge in [-0.2, -0.15) is 0 Å². The lowest BCUT2D eigenvalue weighted by atomic mass is 9.50. The summed E-state index contributed by atoms with van der Waals surface area (Å²) in [5.41, 5.74) is -4.06. The molecular formula is C26H37NO8. The molecule has 0 aromatic rings. The molecule has 0 radical (unpaired) electrons. The summed E-state index contributed by atoms with van der Waals surface area (Å²) in [6, 6.07) is 0. The van der Waals surface area contributed by atoms with Crippen LogP contribution in [0.2, 0.25) is 0 Å². The number of aliphatic hydroxyl groups is 3. The number of carboxylic acids is 1. The van der Waals surface area contributed by atoms with E-state index in [1.807, 2.05) is 13.8 Å². The maximum Gasteiger partial charge on any atom is 0.306 e. The number of carbonyl (C=O) groups excluding carboxylic acids is 2. The van der Waals surface area contributed by atoms with E-state index in [4.69, 9.17) is 4.74 Å². The highest BCUT2D eigenvalue weighted by molar-refractivity contribution is 6.19. The third-order valence-electron chi connectivity index (χ3n) is 8.66. The van der Waals surface area contributed by atoms with Crippen molar-refractivity contribution in [1.29, 1.82) is 0 Å². The van der Waals surface area contributed by atoms with Crippen LogP contribution in [-0.4, -0.2) is 61.6 Å². The highest BCUT2D eigenvalue weighted by Gasteiger charge is 2.68. The van der Waals surface area contributed by atoms with E-state index < -0.39 is 53.0 Å². The van der Waals surface area contributed by atoms with Crippen molar-refractivity contribution in [2.75, 3.05) is 0 Å². The molecule has 5 rings (SSSR count). The summed E-state index contributed by atoms with van der Waals surface area (Å²) in [4.78, 5) is 37.6. The fourth-order valence-corrected chi connectivity index (χ4v) is 7.10. The van der Waals surface area contributed by atoms with Crippen LogP contribution in [-0.2, 0) is 19.1 Å². The standard InChI is InChI=1S/C26H37NO8/c1-4-6-7-8-10-26(34)18(22(29)27-24(26)32)20-17-16-13(3)11-14(23(30)31)12-15(16)19(35-20)21(28)25(17,33)9-5-2/h5,9,13-17,19,21,28,33-34H,4,6-8,10-12H2,1-3H3,(H,30,31)(H,27,29,32)/b9-5+,20-18-/t13-,14+,15+,16+,17+,19+,21+,25+,26+/m0/s1. The van der Waals surface area contributed by atoms with Crippen LogP contribution in [0.4, 0.5) is 0 Å². The van der Waals surface area contributed by atoms with Crippen LogP contribution in [0.25, 0.3) is 0 Å². The lowest BCUT2D eigenvalue weighted by molar-refractivity contribution is -0.261. The predicted octanol–water partition coefficient (Wildman–Crippen LogP) is 1.66. The number of carbonyl (C=O) groups is 3. The number of aliphatic carboxylic acids is 1. The molecule has 3 saturated heterocycles. The van der Waals surface area contributed by atoms with Crippen molar-refractivity contribution in [3.8, 4) is 0 Å². The van der Waals surface area contributed by atoms with Gasteiger partial charge in [-0.1, -0.05) is 45.3 Å². The van der Waals surface area contributed by atoms with Gasteiger partial charge in [0.25, 0.3) is 11.8 Å². The number of ether oxygens (including phenoxy) is 1. The molecule has 0 spiro atoms. The Morgan fingerprint density at radius 2 is 1.91 bits per heavy atom. The number of hydrogen-bond donors (Lipinski definition) is 5. The van der Waals surface area contributed by atoms with Crippen molar-refractivity contribution in [2.45, 2.75) is 89.1 Å². The maximum atomic E-state index is 13.0. The summed E-state index contributed by atoms with van der Waals surface area (Å²) >= 11 is 0. The first-order valence-electron chi connectivity index (χ1n) is 12.8. The number of amides is 2. The zero-order valence-corrected chi connectivity index (χ0v) is 20.6. The summed E-state index contributed by atoms with van der Waals surface area (Å²) in [6.07, 6.45) is 4.69. The average molecular weight is 492 g/mol. The molecule has 35 heavy (non-hydrogen) atoms. The number of fused-ring (bicyclic) bond motifs is 2. The first-order valence-corrected chi connectivity index (χ1v) is 12.8. The third-order valence-corrected chi connectivity index (χ3v) is 8.66. The monoisotopic (exact) mass is 491 g/mol. The van der Waals surface area contributed by atoms with Gasteiger partial charge in [0.2, 0.25) is 0 Å². The Morgan fingerprint density at radius 1 is 1.20 bits per heavy atom. The minimum absolute atomic E-state index is 0.0412. The summed E-state index contributed by atoms with van der Waals surface area (Å²) in [7, 11) is 0. The Bertz CT molecular complexity index is 959. The SMILES string of the molecule is C/C=C/[C@]1(O)[C@H](O)[C@@H]2O/C(=C3/C(=O)NC(=O)[C@@]3(O)CCCCCC)[C@H]1[C@H]1[C@H]2C[C@H](C(=O)O)C[C@@H]1C. The molecule has 5 N–H and O–H groups in total. The summed E-state index contributed by atoms with van der Waals surface area (Å²) < 4.78 is 6.18. The molecule has 2 bridgehead atoms. The van der Waals surface area contributed by atoms with Gasteiger partial charge in [-0.05, 0) is 44.4 Å². The first kappa shape index (κ1) is 25.9. The molecule has 2 saturated carbocycles. The minimum atomic E-state index is -2.09. The Hall–Kier alpha value is -2.23. The number of carboxylic acid groups (broad SMARTS) is 1. The molecule has 3 heterocycles. The van der Waals surface area contributed by atoms with E-state index in [2.05, 4.69) is 5.32 Å². The second-order valence-electron chi connectivity index (χ2n) is 10.8. The van der Waals surface area contributed by atoms with Crippen molar-refractivity contribution in [2.24, 2.45) is 29.6 Å². The maximum absolute atomic E-state index is 13.0. The number of allylic oxidation sites excluding steroid dienone is 1. The fourth-order valence-electron chi connectivity index (χ4n) is 7.10. The number of nitrogens with one attached hydrogen (secondary N) is 1. The van der Waals surface area contributed by atoms with Crippen molar-refractivity contribution in [3.05, 3.63) is 23.5 Å². The first-order chi connectivity index (χ1) is 16.5. The number of unbranched alkanes of at least 4 members (excludes halogenated alkanes) is 3. The Labute approximate surface area is 205 Å². The zero-order chi connectivity index (χ0) is 25.7. The lowest BCUT2D eigenvalue weighted by Gasteiger charge is -2.62. The van der Waals surface area contributed by atoms with Gasteiger partial charge in [-0.3, -0.25) is 19.7 Å². The molecule has 5 fully saturated rings. The van der Waals surface area contributed by atoms with Gasteiger partial charge in [0.05, 0.1) is 17.4 Å². The molecule has 0 aromatic carbocycles. The van der Waals surface area contributed by atoms with Gasteiger partial charge in [0.1, 0.15) is 23.6 Å². The zero-order valence-electron chi connectivity index (χ0n) is 20.6. The minimum Gasteiger partial charge on any atom is -0.491 e. The normalized spacial score (nSPS) is 44.9. The van der Waals surface area contributed by atoms with Crippen LogP contribution in [0.15, 0.2) is 23.5 Å². The van der Waals surface area contributed by atoms with Crippen LogP contribution in [0.3, 0.4) is 0 Å². The van der Waals surface area contributed by atoms with Crippen LogP contribution >= 0.6 is 0 Å². The van der Waals surface area contributed by atoms with Crippen molar-refractivity contribution >= 4 is 17.8 Å². The van der Waals surface area contributed by atoms with Crippen molar-refractivity contribution in [1.82, 2.24) is 5.32 Å². The molecule has 2 aliphatic carbocycles. The summed E-state index contributed by atoms with van der Waals surface area (Å²) in [6.45, 7) is 5.67. The van der Waals surface area contributed by atoms with Crippen LogP contribution < -0.4 is 5.32 Å². The summed E-state index contributed by atoms with van der Waals surface area (Å²) in [5, 5.41) is 46.4. The van der Waals surface area contributed by atoms with E-state index in [-0.39, 0.29) is 41.9 Å². The van der Waals surface area contributed by atoms with E-state index in [1.54, 1.807) is 13.0 Å². The van der Waals surface area contributed by atoms with E-state index in [1.165, 1.54) is 6.08 Å². The van der Waals surface area contributed by atoms with E-state index >= 15 is 0 Å². The molecule has 0 aromatic heterocycles. The number of aliphatic hydroxyl groups excluding tert-OH is 1. The van der Waals surface area contributed by atoms with E-state index in [0.29, 0.717) is 12.8 Å². The van der Waals surface area contributed by atoms with Crippen LogP contribution in [0, 0.1) is 29.6 Å². The highest BCUT2D eigenvalue weighted by Crippen LogP contribution is 2.60. The van der Waals surface area contributed by atoms with Gasteiger partial charge in [-0.25, -0.2) is 0 Å². The molecule has 194 valence electrons. The van der Waals surface area contributed by atoms with Gasteiger partial charge in [0.15, 0.2) is 5.60 Å². The van der Waals surface area contributed by atoms with Gasteiger partial charge >= 0.3 is 5.97 Å². The van der Waals surface area contributed by atoms with Crippen molar-refractivity contribution in [3.63, 3.8) is 0 Å². The molecule has 0 unspecified atom stereocenters. The second-order valence-corrected chi connectivity index (χ2v) is 10.8. The van der Waals surface area contributed by atoms with Gasteiger partial charge in [-0.15, -0.1) is 0 Å². The Balaban J connectivity index is 1.83.